The molecule has 0 heterocycles. The molecular weight excluding hydrogens is 309 g/mol. The Bertz CT molecular complexity index is 694. The van der Waals surface area contributed by atoms with Crippen LogP contribution in [0.15, 0.2) is 48.5 Å². The van der Waals surface area contributed by atoms with Gasteiger partial charge in [0.2, 0.25) is 0 Å². The van der Waals surface area contributed by atoms with Crippen LogP contribution in [0.2, 0.25) is 0 Å². The first-order chi connectivity index (χ1) is 11.7. The molecule has 0 spiro atoms. The number of nitriles is 1. The van der Waals surface area contributed by atoms with Gasteiger partial charge in [0.05, 0.1) is 18.2 Å². The maximum absolute atomic E-state index is 12.7. The Morgan fingerprint density at radius 1 is 1.08 bits per heavy atom. The van der Waals surface area contributed by atoms with Crippen LogP contribution in [0.25, 0.3) is 0 Å². The summed E-state index contributed by atoms with van der Waals surface area (Å²) in [6.45, 7) is 1.03. The van der Waals surface area contributed by atoms with Crippen LogP contribution in [0, 0.1) is 17.1 Å². The summed E-state index contributed by atoms with van der Waals surface area (Å²) in [5.41, 5.74) is 1.17. The van der Waals surface area contributed by atoms with Gasteiger partial charge in [-0.15, -0.1) is 0 Å². The molecule has 24 heavy (non-hydrogen) atoms. The molecule has 0 aliphatic heterocycles. The van der Waals surface area contributed by atoms with Gasteiger partial charge in [-0.3, -0.25) is 0 Å². The summed E-state index contributed by atoms with van der Waals surface area (Å²) >= 11 is 0. The molecule has 0 atom stereocenters. The second-order valence-electron chi connectivity index (χ2n) is 5.08. The van der Waals surface area contributed by atoms with Crippen LogP contribution in [-0.4, -0.2) is 19.2 Å². The Hall–Kier alpha value is -3.07. The molecule has 0 bridgehead atoms. The van der Waals surface area contributed by atoms with Gasteiger partial charge in [-0.25, -0.2) is 9.18 Å². The number of ether oxygens (including phenoxy) is 1. The minimum Gasteiger partial charge on any atom is -0.494 e. The molecule has 124 valence electrons. The topological polar surface area (TPSA) is 74.2 Å². The monoisotopic (exact) mass is 327 g/mol. The van der Waals surface area contributed by atoms with Gasteiger partial charge in [0.25, 0.3) is 0 Å². The zero-order valence-electron chi connectivity index (χ0n) is 13.1. The first-order valence-corrected chi connectivity index (χ1v) is 7.61. The molecule has 2 amide bonds. The fourth-order valence-corrected chi connectivity index (χ4v) is 1.95. The number of anilines is 1. The minimum atomic E-state index is -0.292. The smallest absolute Gasteiger partial charge is 0.319 e. The highest BCUT2D eigenvalue weighted by Gasteiger charge is 2.01. The van der Waals surface area contributed by atoms with Crippen molar-refractivity contribution >= 4 is 11.7 Å². The molecule has 2 N–H and O–H groups in total. The van der Waals surface area contributed by atoms with Gasteiger partial charge < -0.3 is 15.4 Å². The highest BCUT2D eigenvalue weighted by Crippen LogP contribution is 2.11. The van der Waals surface area contributed by atoms with Crippen LogP contribution >= 0.6 is 0 Å². The SMILES string of the molecule is N#Cc1ccc(NC(=O)NCCCCOc2ccc(F)cc2)cc1. The summed E-state index contributed by atoms with van der Waals surface area (Å²) < 4.78 is 18.2. The Morgan fingerprint density at radius 3 is 2.46 bits per heavy atom. The van der Waals surface area contributed by atoms with E-state index < -0.39 is 0 Å². The minimum absolute atomic E-state index is 0.292. The van der Waals surface area contributed by atoms with Crippen LogP contribution in [-0.2, 0) is 0 Å². The number of rotatable bonds is 7. The molecule has 0 aliphatic carbocycles. The highest BCUT2D eigenvalue weighted by molar-refractivity contribution is 5.89. The van der Waals surface area contributed by atoms with Crippen molar-refractivity contribution < 1.29 is 13.9 Å². The first kappa shape index (κ1) is 17.3. The van der Waals surface area contributed by atoms with Crippen LogP contribution in [0.1, 0.15) is 18.4 Å². The van der Waals surface area contributed by atoms with Crippen LogP contribution in [0.5, 0.6) is 5.75 Å². The zero-order valence-corrected chi connectivity index (χ0v) is 13.1. The molecule has 0 radical (unpaired) electrons. The van der Waals surface area contributed by atoms with E-state index in [2.05, 4.69) is 10.6 Å². The summed E-state index contributed by atoms with van der Waals surface area (Å²) in [4.78, 5) is 11.7. The van der Waals surface area contributed by atoms with Gasteiger partial charge in [-0.1, -0.05) is 0 Å². The molecule has 6 heteroatoms. The highest BCUT2D eigenvalue weighted by atomic mass is 19.1. The number of urea groups is 1. The third-order valence-electron chi connectivity index (χ3n) is 3.21. The summed E-state index contributed by atoms with van der Waals surface area (Å²) in [6, 6.07) is 14.2. The van der Waals surface area contributed by atoms with E-state index in [9.17, 15) is 9.18 Å². The number of amides is 2. The van der Waals surface area contributed by atoms with Crippen molar-refractivity contribution in [3.8, 4) is 11.8 Å². The average molecular weight is 327 g/mol. The molecule has 2 rings (SSSR count). The van der Waals surface area contributed by atoms with E-state index in [0.717, 1.165) is 12.8 Å². The zero-order chi connectivity index (χ0) is 17.2. The number of nitrogens with one attached hydrogen (secondary N) is 2. The number of nitrogens with zero attached hydrogens (tertiary/aromatic N) is 1. The molecular formula is C18H18FN3O2. The third kappa shape index (κ3) is 5.97. The number of hydrogen-bond donors (Lipinski definition) is 2. The van der Waals surface area contributed by atoms with Crippen molar-refractivity contribution in [1.82, 2.24) is 5.32 Å². The third-order valence-corrected chi connectivity index (χ3v) is 3.21. The van der Waals surface area contributed by atoms with E-state index in [1.807, 2.05) is 6.07 Å². The van der Waals surface area contributed by atoms with Crippen molar-refractivity contribution in [1.29, 1.82) is 5.26 Å². The number of hydrogen-bond acceptors (Lipinski definition) is 3. The second-order valence-corrected chi connectivity index (χ2v) is 5.08. The predicted molar refractivity (Wildman–Crippen MR) is 89.3 cm³/mol. The summed E-state index contributed by atoms with van der Waals surface area (Å²) in [5.74, 6) is 0.336. The summed E-state index contributed by atoms with van der Waals surface area (Å²) in [6.07, 6.45) is 1.54. The lowest BCUT2D eigenvalue weighted by Crippen LogP contribution is -2.29. The molecule has 0 saturated carbocycles. The van der Waals surface area contributed by atoms with Gasteiger partial charge in [0.1, 0.15) is 11.6 Å². The van der Waals surface area contributed by atoms with Crippen LogP contribution < -0.4 is 15.4 Å². The van der Waals surface area contributed by atoms with Gasteiger partial charge >= 0.3 is 6.03 Å². The molecule has 5 nitrogen and oxygen atoms in total. The second kappa shape index (κ2) is 9.16. The Balaban J connectivity index is 1.57. The van der Waals surface area contributed by atoms with Crippen LogP contribution in [0.3, 0.4) is 0 Å². The molecule has 2 aromatic rings. The maximum atomic E-state index is 12.7. The molecule has 2 aromatic carbocycles. The molecule has 0 unspecified atom stereocenters. The van der Waals surface area contributed by atoms with Gasteiger partial charge in [0, 0.05) is 12.2 Å². The van der Waals surface area contributed by atoms with Crippen molar-refractivity contribution in [2.45, 2.75) is 12.8 Å². The fourth-order valence-electron chi connectivity index (χ4n) is 1.95. The number of halogens is 1. The fraction of sp³-hybridized carbons (Fsp3) is 0.222. The molecule has 0 aromatic heterocycles. The lowest BCUT2D eigenvalue weighted by atomic mass is 10.2. The van der Waals surface area contributed by atoms with Crippen molar-refractivity contribution in [2.24, 2.45) is 0 Å². The molecule has 0 fully saturated rings. The van der Waals surface area contributed by atoms with E-state index in [1.165, 1.54) is 12.1 Å². The summed E-state index contributed by atoms with van der Waals surface area (Å²) in [5, 5.41) is 14.1. The first-order valence-electron chi connectivity index (χ1n) is 7.61. The van der Waals surface area contributed by atoms with Crippen molar-refractivity contribution in [3.63, 3.8) is 0 Å². The Kier molecular flexibility index (Phi) is 6.59. The van der Waals surface area contributed by atoms with Crippen molar-refractivity contribution in [3.05, 3.63) is 59.9 Å². The average Bonchev–Trinajstić information content (AvgIpc) is 2.60. The quantitative estimate of drug-likeness (QED) is 0.762. The summed E-state index contributed by atoms with van der Waals surface area (Å²) in [7, 11) is 0. The van der Waals surface area contributed by atoms with E-state index in [1.54, 1.807) is 36.4 Å². The maximum Gasteiger partial charge on any atom is 0.319 e. The molecule has 0 aliphatic rings. The lowest BCUT2D eigenvalue weighted by molar-refractivity contribution is 0.251. The van der Waals surface area contributed by atoms with E-state index in [-0.39, 0.29) is 11.8 Å². The van der Waals surface area contributed by atoms with E-state index in [4.69, 9.17) is 10.00 Å². The molecule has 0 saturated heterocycles. The van der Waals surface area contributed by atoms with E-state index >= 15 is 0 Å². The van der Waals surface area contributed by atoms with Crippen LogP contribution in [0.4, 0.5) is 14.9 Å². The normalized spacial score (nSPS) is 9.83. The van der Waals surface area contributed by atoms with E-state index in [0.29, 0.717) is 30.2 Å². The number of carbonyl (C=O) groups excluding carboxylic acids is 1. The largest absolute Gasteiger partial charge is 0.494 e. The van der Waals surface area contributed by atoms with Gasteiger partial charge in [-0.05, 0) is 61.4 Å². The van der Waals surface area contributed by atoms with Gasteiger partial charge in [0.15, 0.2) is 0 Å². The van der Waals surface area contributed by atoms with Gasteiger partial charge in [-0.2, -0.15) is 5.26 Å². The number of unbranched alkanes of at least 4 members (excludes halogenated alkanes) is 1. The van der Waals surface area contributed by atoms with Crippen molar-refractivity contribution in [2.75, 3.05) is 18.5 Å². The number of benzene rings is 2. The Labute approximate surface area is 140 Å². The standard InChI is InChI=1S/C18H18FN3O2/c19-15-5-9-17(10-6-15)24-12-2-1-11-21-18(23)22-16-7-3-14(13-20)4-8-16/h3-10H,1-2,11-12H2,(H2,21,22,23). The number of carbonyl (C=O) groups is 1. The lowest BCUT2D eigenvalue weighted by Gasteiger charge is -2.08. The Morgan fingerprint density at radius 2 is 1.79 bits per heavy atom. The predicted octanol–water partition coefficient (Wildman–Crippen LogP) is 3.68.